The van der Waals surface area contributed by atoms with Gasteiger partial charge in [-0.1, -0.05) is 70.8 Å². The third-order valence-corrected chi connectivity index (χ3v) is 5.23. The highest BCUT2D eigenvalue weighted by atomic mass is 35.5. The molecule has 0 aliphatic heterocycles. The minimum Gasteiger partial charge on any atom is -0.231 e. The van der Waals surface area contributed by atoms with Crippen LogP contribution in [0.15, 0.2) is 59.9 Å². The summed E-state index contributed by atoms with van der Waals surface area (Å²) in [5.41, 5.74) is 2.78. The molecule has 2 nitrogen and oxygen atoms in total. The summed E-state index contributed by atoms with van der Waals surface area (Å²) in [5.74, 6) is 0.614. The van der Waals surface area contributed by atoms with Gasteiger partial charge in [-0.2, -0.15) is 0 Å². The van der Waals surface area contributed by atoms with Crippen molar-refractivity contribution in [3.05, 3.63) is 86.6 Å². The Bertz CT molecular complexity index is 875. The molecule has 0 radical (unpaired) electrons. The largest absolute Gasteiger partial charge is 0.231 e. The SMILES string of the molecule is Clc1ccc(/C=C/c2ccnc(SCc3c(Cl)cccc3Cl)n2)cc1. The summed E-state index contributed by atoms with van der Waals surface area (Å²) >= 11 is 19.8. The van der Waals surface area contributed by atoms with Gasteiger partial charge >= 0.3 is 0 Å². The molecule has 0 saturated heterocycles. The van der Waals surface area contributed by atoms with Crippen molar-refractivity contribution >= 4 is 58.7 Å². The van der Waals surface area contributed by atoms with Gasteiger partial charge in [0.1, 0.15) is 0 Å². The number of halogens is 3. The van der Waals surface area contributed by atoms with Gasteiger partial charge in [0.2, 0.25) is 0 Å². The molecule has 0 aliphatic rings. The van der Waals surface area contributed by atoms with E-state index >= 15 is 0 Å². The molecule has 0 aliphatic carbocycles. The lowest BCUT2D eigenvalue weighted by Gasteiger charge is -2.06. The highest BCUT2D eigenvalue weighted by Gasteiger charge is 2.07. The van der Waals surface area contributed by atoms with E-state index in [-0.39, 0.29) is 0 Å². The van der Waals surface area contributed by atoms with E-state index in [9.17, 15) is 0 Å². The van der Waals surface area contributed by atoms with Crippen molar-refractivity contribution in [2.45, 2.75) is 10.9 Å². The van der Waals surface area contributed by atoms with E-state index in [1.807, 2.05) is 60.7 Å². The average Bonchev–Trinajstić information content (AvgIpc) is 2.61. The predicted molar refractivity (Wildman–Crippen MR) is 108 cm³/mol. The van der Waals surface area contributed by atoms with Gasteiger partial charge in [-0.15, -0.1) is 0 Å². The molecule has 1 heterocycles. The topological polar surface area (TPSA) is 25.8 Å². The maximum absolute atomic E-state index is 6.20. The molecule has 0 fully saturated rings. The highest BCUT2D eigenvalue weighted by Crippen LogP contribution is 2.30. The number of aromatic nitrogens is 2. The Kier molecular flexibility index (Phi) is 6.38. The fourth-order valence-electron chi connectivity index (χ4n) is 2.08. The fourth-order valence-corrected chi connectivity index (χ4v) is 3.78. The fraction of sp³-hybridized carbons (Fsp3) is 0.0526. The van der Waals surface area contributed by atoms with Crippen LogP contribution in [0.1, 0.15) is 16.8 Å². The van der Waals surface area contributed by atoms with Gasteiger partial charge < -0.3 is 0 Å². The molecule has 0 saturated carbocycles. The van der Waals surface area contributed by atoms with Crippen LogP contribution in [0.4, 0.5) is 0 Å². The van der Waals surface area contributed by atoms with Crippen molar-refractivity contribution in [1.82, 2.24) is 9.97 Å². The predicted octanol–water partition coefficient (Wildman–Crippen LogP) is 6.90. The van der Waals surface area contributed by atoms with Gasteiger partial charge in [-0.05, 0) is 47.5 Å². The summed E-state index contributed by atoms with van der Waals surface area (Å²) in [4.78, 5) is 8.83. The van der Waals surface area contributed by atoms with Crippen molar-refractivity contribution in [2.75, 3.05) is 0 Å². The Morgan fingerprint density at radius 2 is 1.60 bits per heavy atom. The minimum atomic E-state index is 0.614. The molecule has 25 heavy (non-hydrogen) atoms. The molecular formula is C19H13Cl3N2S. The van der Waals surface area contributed by atoms with Crippen LogP contribution in [0.5, 0.6) is 0 Å². The summed E-state index contributed by atoms with van der Waals surface area (Å²) in [6.07, 6.45) is 5.67. The van der Waals surface area contributed by atoms with E-state index in [0.29, 0.717) is 21.0 Å². The third kappa shape index (κ3) is 5.23. The summed E-state index contributed by atoms with van der Waals surface area (Å²) in [7, 11) is 0. The standard InChI is InChI=1S/C19H13Cl3N2S/c20-14-7-4-13(5-8-14)6-9-15-10-11-23-19(24-15)25-12-16-17(21)2-1-3-18(16)22/h1-11H,12H2/b9-6+. The van der Waals surface area contributed by atoms with Crippen LogP contribution in [0.25, 0.3) is 12.2 Å². The molecule has 126 valence electrons. The Morgan fingerprint density at radius 1 is 0.880 bits per heavy atom. The Labute approximate surface area is 165 Å². The van der Waals surface area contributed by atoms with Crippen molar-refractivity contribution in [3.8, 4) is 0 Å². The lowest BCUT2D eigenvalue weighted by molar-refractivity contribution is 0.957. The molecule has 3 aromatic rings. The molecule has 6 heteroatoms. The van der Waals surface area contributed by atoms with Crippen LogP contribution in [0.2, 0.25) is 15.1 Å². The van der Waals surface area contributed by atoms with E-state index < -0.39 is 0 Å². The Hall–Kier alpha value is -1.52. The van der Waals surface area contributed by atoms with Crippen molar-refractivity contribution in [1.29, 1.82) is 0 Å². The Balaban J connectivity index is 1.70. The first-order valence-electron chi connectivity index (χ1n) is 7.44. The zero-order valence-electron chi connectivity index (χ0n) is 13.0. The summed E-state index contributed by atoms with van der Waals surface area (Å²) < 4.78 is 0. The van der Waals surface area contributed by atoms with Crippen LogP contribution in [-0.4, -0.2) is 9.97 Å². The monoisotopic (exact) mass is 406 g/mol. The zero-order chi connectivity index (χ0) is 17.6. The zero-order valence-corrected chi connectivity index (χ0v) is 16.1. The number of rotatable bonds is 5. The first-order valence-corrected chi connectivity index (χ1v) is 9.56. The lowest BCUT2D eigenvalue weighted by atomic mass is 10.2. The average molecular weight is 408 g/mol. The van der Waals surface area contributed by atoms with Crippen LogP contribution >= 0.6 is 46.6 Å². The lowest BCUT2D eigenvalue weighted by Crippen LogP contribution is -1.91. The van der Waals surface area contributed by atoms with Crippen LogP contribution < -0.4 is 0 Å². The van der Waals surface area contributed by atoms with Gasteiger partial charge in [0.15, 0.2) is 5.16 Å². The van der Waals surface area contributed by atoms with Gasteiger partial charge in [0, 0.05) is 27.0 Å². The second kappa shape index (κ2) is 8.72. The van der Waals surface area contributed by atoms with Gasteiger partial charge in [0.05, 0.1) is 5.69 Å². The van der Waals surface area contributed by atoms with Crippen LogP contribution in [0.3, 0.4) is 0 Å². The minimum absolute atomic E-state index is 0.614. The molecule has 0 N–H and O–H groups in total. The number of benzene rings is 2. The quantitative estimate of drug-likeness (QED) is 0.340. The Morgan fingerprint density at radius 3 is 2.32 bits per heavy atom. The van der Waals surface area contributed by atoms with E-state index in [1.165, 1.54) is 11.8 Å². The van der Waals surface area contributed by atoms with Gasteiger partial charge in [-0.25, -0.2) is 9.97 Å². The summed E-state index contributed by atoms with van der Waals surface area (Å²) in [6, 6.07) is 15.0. The van der Waals surface area contributed by atoms with Crippen molar-refractivity contribution in [2.24, 2.45) is 0 Å². The highest BCUT2D eigenvalue weighted by molar-refractivity contribution is 7.98. The molecule has 2 aromatic carbocycles. The van der Waals surface area contributed by atoms with E-state index in [4.69, 9.17) is 34.8 Å². The van der Waals surface area contributed by atoms with Crippen molar-refractivity contribution < 1.29 is 0 Å². The summed E-state index contributed by atoms with van der Waals surface area (Å²) in [6.45, 7) is 0. The molecule has 0 amide bonds. The molecule has 1 aromatic heterocycles. The van der Waals surface area contributed by atoms with Crippen molar-refractivity contribution in [3.63, 3.8) is 0 Å². The normalized spacial score (nSPS) is 11.2. The maximum atomic E-state index is 6.20. The van der Waals surface area contributed by atoms with E-state index in [1.54, 1.807) is 6.20 Å². The molecule has 0 bridgehead atoms. The van der Waals surface area contributed by atoms with Crippen LogP contribution in [0, 0.1) is 0 Å². The number of nitrogens with zero attached hydrogens (tertiary/aromatic N) is 2. The molecular weight excluding hydrogens is 395 g/mol. The smallest absolute Gasteiger partial charge is 0.188 e. The first-order chi connectivity index (χ1) is 12.1. The van der Waals surface area contributed by atoms with Gasteiger partial charge in [-0.3, -0.25) is 0 Å². The second-order valence-corrected chi connectivity index (χ2v) is 7.33. The molecule has 0 atom stereocenters. The van der Waals surface area contributed by atoms with E-state index in [0.717, 1.165) is 21.8 Å². The number of hydrogen-bond acceptors (Lipinski definition) is 3. The second-order valence-electron chi connectivity index (χ2n) is 5.14. The molecule has 3 rings (SSSR count). The number of hydrogen-bond donors (Lipinski definition) is 0. The molecule has 0 unspecified atom stereocenters. The maximum Gasteiger partial charge on any atom is 0.188 e. The van der Waals surface area contributed by atoms with Gasteiger partial charge in [0.25, 0.3) is 0 Å². The molecule has 0 spiro atoms. The summed E-state index contributed by atoms with van der Waals surface area (Å²) in [5, 5.41) is 2.70. The number of thioether (sulfide) groups is 1. The van der Waals surface area contributed by atoms with Crippen LogP contribution in [-0.2, 0) is 5.75 Å². The van der Waals surface area contributed by atoms with E-state index in [2.05, 4.69) is 9.97 Å². The first kappa shape index (κ1) is 18.3. The third-order valence-electron chi connectivity index (χ3n) is 3.38.